The van der Waals surface area contributed by atoms with Gasteiger partial charge >= 0.3 is 5.97 Å². The van der Waals surface area contributed by atoms with Crippen LogP contribution in [0.5, 0.6) is 0 Å². The Hall–Kier alpha value is -1.12. The minimum Gasteiger partial charge on any atom is -0.469 e. The van der Waals surface area contributed by atoms with E-state index in [1.165, 1.54) is 39.2 Å². The van der Waals surface area contributed by atoms with Crippen molar-refractivity contribution in [3.05, 3.63) is 12.2 Å². The maximum Gasteiger partial charge on any atom is 0.305 e. The maximum atomic E-state index is 11.7. The molecule has 0 aromatic rings. The Morgan fingerprint density at radius 3 is 2.05 bits per heavy atom. The van der Waals surface area contributed by atoms with Gasteiger partial charge < -0.3 is 4.74 Å². The van der Waals surface area contributed by atoms with Crippen LogP contribution in [0.2, 0.25) is 0 Å². The first kappa shape index (κ1) is 20.9. The van der Waals surface area contributed by atoms with Crippen molar-refractivity contribution in [2.45, 2.75) is 90.4 Å². The molecular formula is C19H34O3. The smallest absolute Gasteiger partial charge is 0.305 e. The van der Waals surface area contributed by atoms with Gasteiger partial charge in [0.05, 0.1) is 7.11 Å². The summed E-state index contributed by atoms with van der Waals surface area (Å²) in [5.74, 6) is 0.197. The van der Waals surface area contributed by atoms with E-state index >= 15 is 0 Å². The van der Waals surface area contributed by atoms with Crippen LogP contribution in [0.1, 0.15) is 90.4 Å². The van der Waals surface area contributed by atoms with Crippen LogP contribution in [0, 0.1) is 0 Å². The number of hydrogen-bond acceptors (Lipinski definition) is 3. The second kappa shape index (κ2) is 16.3. The number of ketones is 1. The van der Waals surface area contributed by atoms with Gasteiger partial charge in [0.25, 0.3) is 0 Å². The molecule has 0 heterocycles. The van der Waals surface area contributed by atoms with E-state index in [0.29, 0.717) is 25.0 Å². The SMILES string of the molecule is CCCCCCC=CCCCC(=O)CCCCCC(=O)OC. The molecule has 0 radical (unpaired) electrons. The molecule has 0 rings (SSSR count). The lowest BCUT2D eigenvalue weighted by Gasteiger charge is -2.01. The molecule has 0 unspecified atom stereocenters. The van der Waals surface area contributed by atoms with Gasteiger partial charge in [0.1, 0.15) is 5.78 Å². The van der Waals surface area contributed by atoms with Gasteiger partial charge in [0.15, 0.2) is 0 Å². The van der Waals surface area contributed by atoms with Gasteiger partial charge in [-0.05, 0) is 38.5 Å². The predicted octanol–water partition coefficient (Wildman–Crippen LogP) is 5.38. The van der Waals surface area contributed by atoms with Crippen molar-refractivity contribution in [3.8, 4) is 0 Å². The van der Waals surface area contributed by atoms with Crippen LogP contribution in [0.25, 0.3) is 0 Å². The minimum atomic E-state index is -0.159. The molecule has 0 aliphatic heterocycles. The first-order valence-electron chi connectivity index (χ1n) is 8.94. The summed E-state index contributed by atoms with van der Waals surface area (Å²) < 4.78 is 4.58. The monoisotopic (exact) mass is 310 g/mol. The van der Waals surface area contributed by atoms with E-state index in [1.54, 1.807) is 0 Å². The van der Waals surface area contributed by atoms with Crippen LogP contribution >= 0.6 is 0 Å². The Morgan fingerprint density at radius 2 is 1.36 bits per heavy atom. The van der Waals surface area contributed by atoms with E-state index in [4.69, 9.17) is 0 Å². The second-order valence-corrected chi connectivity index (χ2v) is 5.89. The Morgan fingerprint density at radius 1 is 0.773 bits per heavy atom. The molecule has 0 aliphatic rings. The Bertz CT molecular complexity index is 308. The number of unbranched alkanes of at least 4 members (excludes halogenated alkanes) is 7. The normalized spacial score (nSPS) is 11.0. The largest absolute Gasteiger partial charge is 0.469 e. The van der Waals surface area contributed by atoms with E-state index < -0.39 is 0 Å². The summed E-state index contributed by atoms with van der Waals surface area (Å²) in [6.45, 7) is 2.23. The van der Waals surface area contributed by atoms with Crippen LogP contribution in [0.3, 0.4) is 0 Å². The van der Waals surface area contributed by atoms with E-state index in [1.807, 2.05) is 0 Å². The molecule has 128 valence electrons. The molecular weight excluding hydrogens is 276 g/mol. The average Bonchev–Trinajstić information content (AvgIpc) is 2.52. The zero-order chi connectivity index (χ0) is 16.5. The number of carbonyl (C=O) groups is 2. The third kappa shape index (κ3) is 15.3. The van der Waals surface area contributed by atoms with Crippen LogP contribution in [0.4, 0.5) is 0 Å². The summed E-state index contributed by atoms with van der Waals surface area (Å²) in [7, 11) is 1.41. The molecule has 0 fully saturated rings. The lowest BCUT2D eigenvalue weighted by molar-refractivity contribution is -0.140. The van der Waals surface area contributed by atoms with Gasteiger partial charge in [-0.3, -0.25) is 9.59 Å². The van der Waals surface area contributed by atoms with Crippen molar-refractivity contribution in [1.29, 1.82) is 0 Å². The minimum absolute atomic E-state index is 0.159. The topological polar surface area (TPSA) is 43.4 Å². The fourth-order valence-corrected chi connectivity index (χ4v) is 2.34. The number of rotatable bonds is 15. The van der Waals surface area contributed by atoms with Crippen molar-refractivity contribution in [3.63, 3.8) is 0 Å². The highest BCUT2D eigenvalue weighted by Crippen LogP contribution is 2.08. The molecule has 0 aliphatic carbocycles. The molecule has 0 aromatic heterocycles. The van der Waals surface area contributed by atoms with E-state index in [9.17, 15) is 9.59 Å². The maximum absolute atomic E-state index is 11.7. The van der Waals surface area contributed by atoms with Crippen LogP contribution < -0.4 is 0 Å². The lowest BCUT2D eigenvalue weighted by Crippen LogP contribution is -2.00. The lowest BCUT2D eigenvalue weighted by atomic mass is 10.1. The standard InChI is InChI=1S/C19H34O3/c1-3-4-5-6-7-8-9-10-12-15-18(20)16-13-11-14-17-19(21)22-2/h8-9H,3-7,10-17H2,1-2H3. The fraction of sp³-hybridized carbons (Fsp3) is 0.789. The van der Waals surface area contributed by atoms with E-state index in [2.05, 4.69) is 23.8 Å². The van der Waals surface area contributed by atoms with Crippen molar-refractivity contribution in [1.82, 2.24) is 0 Å². The number of esters is 1. The molecule has 0 bridgehead atoms. The number of methoxy groups -OCH3 is 1. The highest BCUT2D eigenvalue weighted by molar-refractivity contribution is 5.78. The Balaban J connectivity index is 3.32. The summed E-state index contributed by atoms with van der Waals surface area (Å²) >= 11 is 0. The fourth-order valence-electron chi connectivity index (χ4n) is 2.34. The first-order chi connectivity index (χ1) is 10.7. The summed E-state index contributed by atoms with van der Waals surface area (Å²) in [5, 5.41) is 0. The van der Waals surface area contributed by atoms with Gasteiger partial charge in [-0.25, -0.2) is 0 Å². The van der Waals surface area contributed by atoms with Gasteiger partial charge in [-0.1, -0.05) is 44.8 Å². The molecule has 3 nitrogen and oxygen atoms in total. The van der Waals surface area contributed by atoms with Gasteiger partial charge in [-0.15, -0.1) is 0 Å². The number of hydrogen-bond donors (Lipinski definition) is 0. The molecule has 0 atom stereocenters. The third-order valence-corrected chi connectivity index (χ3v) is 3.78. The molecule has 0 saturated carbocycles. The molecule has 0 N–H and O–H groups in total. The third-order valence-electron chi connectivity index (χ3n) is 3.78. The van der Waals surface area contributed by atoms with Crippen LogP contribution in [-0.2, 0) is 14.3 Å². The van der Waals surface area contributed by atoms with Crippen LogP contribution in [0.15, 0.2) is 12.2 Å². The Labute approximate surface area is 136 Å². The number of carbonyl (C=O) groups excluding carboxylic acids is 2. The predicted molar refractivity (Wildman–Crippen MR) is 91.9 cm³/mol. The van der Waals surface area contributed by atoms with Gasteiger partial charge in [0, 0.05) is 19.3 Å². The Kier molecular flexibility index (Phi) is 15.4. The number of ether oxygens (including phenoxy) is 1. The van der Waals surface area contributed by atoms with Crippen molar-refractivity contribution >= 4 is 11.8 Å². The van der Waals surface area contributed by atoms with Crippen molar-refractivity contribution in [2.24, 2.45) is 0 Å². The van der Waals surface area contributed by atoms with E-state index in [-0.39, 0.29) is 5.97 Å². The summed E-state index contributed by atoms with van der Waals surface area (Å²) in [6.07, 6.45) is 17.3. The van der Waals surface area contributed by atoms with Crippen LogP contribution in [-0.4, -0.2) is 18.9 Å². The number of allylic oxidation sites excluding steroid dienone is 2. The zero-order valence-corrected chi connectivity index (χ0v) is 14.6. The highest BCUT2D eigenvalue weighted by atomic mass is 16.5. The van der Waals surface area contributed by atoms with Gasteiger partial charge in [0.2, 0.25) is 0 Å². The summed E-state index contributed by atoms with van der Waals surface area (Å²) in [6, 6.07) is 0. The molecule has 3 heteroatoms. The molecule has 0 saturated heterocycles. The summed E-state index contributed by atoms with van der Waals surface area (Å²) in [4.78, 5) is 22.6. The highest BCUT2D eigenvalue weighted by Gasteiger charge is 2.03. The zero-order valence-electron chi connectivity index (χ0n) is 14.6. The molecule has 0 spiro atoms. The number of Topliss-reactive ketones (excluding diaryl/α,β-unsaturated/α-hetero) is 1. The molecule has 0 amide bonds. The van der Waals surface area contributed by atoms with Gasteiger partial charge in [-0.2, -0.15) is 0 Å². The van der Waals surface area contributed by atoms with Crippen molar-refractivity contribution < 1.29 is 14.3 Å². The van der Waals surface area contributed by atoms with E-state index in [0.717, 1.165) is 32.1 Å². The molecule has 0 aromatic carbocycles. The second-order valence-electron chi connectivity index (χ2n) is 5.89. The average molecular weight is 310 g/mol. The quantitative estimate of drug-likeness (QED) is 0.232. The first-order valence-corrected chi connectivity index (χ1v) is 8.94. The molecule has 22 heavy (non-hydrogen) atoms. The van der Waals surface area contributed by atoms with Crippen molar-refractivity contribution in [2.75, 3.05) is 7.11 Å². The summed E-state index contributed by atoms with van der Waals surface area (Å²) in [5.41, 5.74) is 0.